The van der Waals surface area contributed by atoms with Crippen LogP contribution in [0.3, 0.4) is 0 Å². The molecular weight excluding hydrogens is 348 g/mol. The molecule has 0 aliphatic carbocycles. The number of carbonyl (C=O) groups is 1. The number of carboxylic acids is 1. The lowest BCUT2D eigenvalue weighted by molar-refractivity contribution is -0.384. The highest BCUT2D eigenvalue weighted by molar-refractivity contribution is 5.84. The number of carboxylic acid groups (broad SMARTS) is 1. The third-order valence-corrected chi connectivity index (χ3v) is 3.88. The number of rotatable bonds is 5. The van der Waals surface area contributed by atoms with Crippen LogP contribution < -0.4 is 5.73 Å². The van der Waals surface area contributed by atoms with Crippen molar-refractivity contribution < 1.29 is 19.9 Å². The van der Waals surface area contributed by atoms with Gasteiger partial charge in [0.05, 0.1) is 17.4 Å². The fraction of sp³-hybridized carbons (Fsp3) is 0.150. The van der Waals surface area contributed by atoms with Crippen molar-refractivity contribution in [2.24, 2.45) is 5.73 Å². The van der Waals surface area contributed by atoms with Gasteiger partial charge in [-0.3, -0.25) is 14.9 Å². The number of hydrogen-bond acceptors (Lipinski definition) is 5. The number of hydrogen-bond donors (Lipinski definition) is 3. The van der Waals surface area contributed by atoms with E-state index in [1.54, 1.807) is 0 Å². The maximum atomic E-state index is 10.5. The Morgan fingerprint density at radius 1 is 1.04 bits per heavy atom. The van der Waals surface area contributed by atoms with E-state index >= 15 is 0 Å². The second-order valence-electron chi connectivity index (χ2n) is 5.85. The highest BCUT2D eigenvalue weighted by Gasteiger charge is 2.08. The monoisotopic (exact) mass is 368 g/mol. The van der Waals surface area contributed by atoms with Crippen molar-refractivity contribution in [2.75, 3.05) is 6.54 Å². The molecule has 0 amide bonds. The lowest BCUT2D eigenvalue weighted by atomic mass is 10.1. The summed E-state index contributed by atoms with van der Waals surface area (Å²) in [6, 6.07) is 19.3. The Morgan fingerprint density at radius 2 is 1.67 bits per heavy atom. The molecule has 0 aliphatic heterocycles. The summed E-state index contributed by atoms with van der Waals surface area (Å²) in [5, 5.41) is 30.4. The predicted molar refractivity (Wildman–Crippen MR) is 102 cm³/mol. The van der Waals surface area contributed by atoms with Gasteiger partial charge in [-0.1, -0.05) is 42.5 Å². The molecule has 0 heterocycles. The van der Waals surface area contributed by atoms with Crippen LogP contribution >= 0.6 is 0 Å². The van der Waals surface area contributed by atoms with Crippen molar-refractivity contribution >= 4 is 22.4 Å². The standard InChI is InChI=1S/C12H10O2.C8H10N2O3/c13-12(14)8-9-5-6-10-3-1-2-4-11(10)7-9;9-5-8(11)6-1-3-7(4-2-6)10(12)13/h1-7H,8H2,(H,13,14);1-4,8,11H,5,9H2. The summed E-state index contributed by atoms with van der Waals surface area (Å²) in [6.07, 6.45) is -0.661. The first-order chi connectivity index (χ1) is 12.9. The fourth-order valence-electron chi connectivity index (χ4n) is 2.48. The predicted octanol–water partition coefficient (Wildman–Crippen LogP) is 3.05. The van der Waals surface area contributed by atoms with E-state index in [1.807, 2.05) is 42.5 Å². The van der Waals surface area contributed by atoms with Crippen LogP contribution in [0.5, 0.6) is 0 Å². The zero-order chi connectivity index (χ0) is 19.8. The maximum Gasteiger partial charge on any atom is 0.307 e. The van der Waals surface area contributed by atoms with Crippen LogP contribution in [0.4, 0.5) is 5.69 Å². The van der Waals surface area contributed by atoms with Crippen LogP contribution in [0.15, 0.2) is 66.7 Å². The van der Waals surface area contributed by atoms with Gasteiger partial charge in [-0.15, -0.1) is 0 Å². The van der Waals surface area contributed by atoms with E-state index in [1.165, 1.54) is 24.3 Å². The Morgan fingerprint density at radius 3 is 2.22 bits per heavy atom. The Balaban J connectivity index is 0.000000194. The van der Waals surface area contributed by atoms with E-state index in [4.69, 9.17) is 10.8 Å². The quantitative estimate of drug-likeness (QED) is 0.469. The van der Waals surface area contributed by atoms with E-state index in [9.17, 15) is 20.0 Å². The first-order valence-electron chi connectivity index (χ1n) is 8.22. The number of nitro groups is 1. The average molecular weight is 368 g/mol. The highest BCUT2D eigenvalue weighted by atomic mass is 16.6. The molecule has 4 N–H and O–H groups in total. The first-order valence-corrected chi connectivity index (χ1v) is 8.22. The van der Waals surface area contributed by atoms with Crippen LogP contribution in [0.2, 0.25) is 0 Å². The number of benzene rings is 3. The zero-order valence-corrected chi connectivity index (χ0v) is 14.5. The summed E-state index contributed by atoms with van der Waals surface area (Å²) in [5.74, 6) is -0.791. The number of nitrogens with zero attached hydrogens (tertiary/aromatic N) is 1. The molecule has 7 nitrogen and oxygen atoms in total. The van der Waals surface area contributed by atoms with Crippen LogP contribution in [0, 0.1) is 10.1 Å². The number of aliphatic hydroxyl groups is 1. The average Bonchev–Trinajstić information content (AvgIpc) is 2.67. The van der Waals surface area contributed by atoms with Gasteiger partial charge in [-0.05, 0) is 34.0 Å². The van der Waals surface area contributed by atoms with Crippen molar-refractivity contribution in [3.8, 4) is 0 Å². The summed E-state index contributed by atoms with van der Waals surface area (Å²) < 4.78 is 0. The molecule has 3 aromatic carbocycles. The molecule has 0 aromatic heterocycles. The smallest absolute Gasteiger partial charge is 0.307 e. The third kappa shape index (κ3) is 5.88. The summed E-state index contributed by atoms with van der Waals surface area (Å²) >= 11 is 0. The second-order valence-corrected chi connectivity index (χ2v) is 5.85. The molecule has 1 atom stereocenters. The van der Waals surface area contributed by atoms with Gasteiger partial charge >= 0.3 is 5.97 Å². The molecule has 7 heteroatoms. The van der Waals surface area contributed by atoms with Gasteiger partial charge in [0.1, 0.15) is 0 Å². The number of aliphatic hydroxyl groups excluding tert-OH is 1. The van der Waals surface area contributed by atoms with Gasteiger partial charge in [-0.25, -0.2) is 0 Å². The van der Waals surface area contributed by atoms with Crippen molar-refractivity contribution in [1.29, 1.82) is 0 Å². The normalized spacial score (nSPS) is 11.3. The largest absolute Gasteiger partial charge is 0.481 e. The molecule has 1 unspecified atom stereocenters. The van der Waals surface area contributed by atoms with Crippen LogP contribution in [-0.2, 0) is 11.2 Å². The van der Waals surface area contributed by atoms with Crippen molar-refractivity contribution in [1.82, 2.24) is 0 Å². The maximum absolute atomic E-state index is 10.5. The van der Waals surface area contributed by atoms with E-state index < -0.39 is 17.0 Å². The third-order valence-electron chi connectivity index (χ3n) is 3.88. The molecular formula is C20H20N2O5. The highest BCUT2D eigenvalue weighted by Crippen LogP contribution is 2.17. The number of nitrogens with two attached hydrogens (primary N) is 1. The summed E-state index contributed by atoms with van der Waals surface area (Å²) in [5.41, 5.74) is 6.66. The minimum absolute atomic E-state index is 0.00738. The molecule has 0 aliphatic rings. The first kappa shape index (κ1) is 20.0. The van der Waals surface area contributed by atoms with Gasteiger partial charge in [-0.2, -0.15) is 0 Å². The molecule has 3 aromatic rings. The molecule has 3 rings (SSSR count). The lowest BCUT2D eigenvalue weighted by Crippen LogP contribution is -2.11. The number of nitro benzene ring substituents is 1. The Bertz CT molecular complexity index is 925. The summed E-state index contributed by atoms with van der Waals surface area (Å²) in [6.45, 7) is 0.109. The molecule has 27 heavy (non-hydrogen) atoms. The van der Waals surface area contributed by atoms with Gasteiger partial charge in [0.25, 0.3) is 5.69 Å². The Labute approximate surface area is 155 Å². The summed E-state index contributed by atoms with van der Waals surface area (Å²) in [7, 11) is 0. The van der Waals surface area contributed by atoms with Gasteiger partial charge < -0.3 is 15.9 Å². The van der Waals surface area contributed by atoms with Crippen molar-refractivity contribution in [2.45, 2.75) is 12.5 Å². The van der Waals surface area contributed by atoms with E-state index in [-0.39, 0.29) is 18.7 Å². The minimum atomic E-state index is -0.791. The molecule has 0 bridgehead atoms. The van der Waals surface area contributed by atoms with E-state index in [0.717, 1.165) is 16.3 Å². The topological polar surface area (TPSA) is 127 Å². The van der Waals surface area contributed by atoms with Crippen LogP contribution in [0.1, 0.15) is 17.2 Å². The molecule has 140 valence electrons. The van der Waals surface area contributed by atoms with Crippen LogP contribution in [0.25, 0.3) is 10.8 Å². The van der Waals surface area contributed by atoms with E-state index in [2.05, 4.69) is 0 Å². The number of aliphatic carboxylic acids is 1. The Kier molecular flexibility index (Phi) is 6.99. The van der Waals surface area contributed by atoms with Crippen molar-refractivity contribution in [3.63, 3.8) is 0 Å². The van der Waals surface area contributed by atoms with Gasteiger partial charge in [0.2, 0.25) is 0 Å². The van der Waals surface area contributed by atoms with Gasteiger partial charge in [0, 0.05) is 18.7 Å². The SMILES string of the molecule is NCC(O)c1ccc([N+](=O)[O-])cc1.O=C(O)Cc1ccc2ccccc2c1. The molecule has 0 saturated heterocycles. The zero-order valence-electron chi connectivity index (χ0n) is 14.5. The van der Waals surface area contributed by atoms with Crippen LogP contribution in [-0.4, -0.2) is 27.7 Å². The molecule has 0 fully saturated rings. The fourth-order valence-corrected chi connectivity index (χ4v) is 2.48. The lowest BCUT2D eigenvalue weighted by Gasteiger charge is -2.06. The molecule has 0 radical (unpaired) electrons. The van der Waals surface area contributed by atoms with Gasteiger partial charge in [0.15, 0.2) is 0 Å². The number of fused-ring (bicyclic) bond motifs is 1. The van der Waals surface area contributed by atoms with Crippen molar-refractivity contribution in [3.05, 3.63) is 88.0 Å². The molecule has 0 saturated carbocycles. The Hall–Kier alpha value is -3.29. The summed E-state index contributed by atoms with van der Waals surface area (Å²) in [4.78, 5) is 20.3. The minimum Gasteiger partial charge on any atom is -0.481 e. The number of non-ortho nitro benzene ring substituents is 1. The molecule has 0 spiro atoms. The second kappa shape index (κ2) is 9.42. The van der Waals surface area contributed by atoms with E-state index in [0.29, 0.717) is 5.56 Å².